The van der Waals surface area contributed by atoms with Crippen LogP contribution in [0.3, 0.4) is 0 Å². The van der Waals surface area contributed by atoms with Gasteiger partial charge in [0.05, 0.1) is 12.0 Å². The number of benzene rings is 1. The van der Waals surface area contributed by atoms with E-state index in [9.17, 15) is 47.9 Å². The zero-order valence-electron chi connectivity index (χ0n) is 19.3. The Balaban J connectivity index is 3.69. The van der Waals surface area contributed by atoms with E-state index in [4.69, 9.17) is 0 Å². The van der Waals surface area contributed by atoms with E-state index in [-0.39, 0.29) is 7.11 Å². The average molecular weight is 568 g/mol. The number of ether oxygens (including phenoxy) is 1. The molecule has 1 rings (SSSR count). The molecule has 0 amide bonds. The lowest BCUT2D eigenvalue weighted by Gasteiger charge is -2.33. The molecule has 0 saturated carbocycles. The number of hydrogen-bond acceptors (Lipinski definition) is 5. The van der Waals surface area contributed by atoms with Crippen molar-refractivity contribution < 1.29 is 61.2 Å². The molecule has 0 spiro atoms. The van der Waals surface area contributed by atoms with Gasteiger partial charge in [0.25, 0.3) is 0 Å². The first-order valence-electron chi connectivity index (χ1n) is 9.40. The van der Waals surface area contributed by atoms with Crippen molar-refractivity contribution in [3.05, 3.63) is 28.8 Å². The number of halogens is 10. The zero-order chi connectivity index (χ0) is 28.2. The van der Waals surface area contributed by atoms with Crippen LogP contribution in [0.1, 0.15) is 52.7 Å². The molecule has 4 nitrogen and oxygen atoms in total. The molecule has 0 aliphatic heterocycles. The molecule has 0 fully saturated rings. The second-order valence-corrected chi connectivity index (χ2v) is 12.2. The van der Waals surface area contributed by atoms with Crippen LogP contribution < -0.4 is 0 Å². The van der Waals surface area contributed by atoms with E-state index < -0.39 is 83.1 Å². The van der Waals surface area contributed by atoms with E-state index in [0.29, 0.717) is 6.07 Å². The van der Waals surface area contributed by atoms with Crippen LogP contribution in [-0.4, -0.2) is 38.3 Å². The Bertz CT molecular complexity index is 1060. The van der Waals surface area contributed by atoms with E-state index in [0.717, 1.165) is 0 Å². The summed E-state index contributed by atoms with van der Waals surface area (Å²) in [5.41, 5.74) is -4.09. The molecule has 1 aromatic rings. The Kier molecular flexibility index (Phi) is 8.39. The minimum absolute atomic E-state index is 0.0184. The van der Waals surface area contributed by atoms with Gasteiger partial charge in [-0.15, -0.1) is 0 Å². The zero-order valence-corrected chi connectivity index (χ0v) is 20.9. The van der Waals surface area contributed by atoms with Crippen molar-refractivity contribution in [2.45, 2.75) is 80.0 Å². The van der Waals surface area contributed by atoms with Crippen molar-refractivity contribution in [3.8, 4) is 0 Å². The topological polar surface area (TPSA) is 52.6 Å². The summed E-state index contributed by atoms with van der Waals surface area (Å²) in [5, 5.41) is -12.5. The molecule has 204 valence electrons. The predicted molar refractivity (Wildman–Crippen MR) is 106 cm³/mol. The first kappa shape index (κ1) is 31.8. The van der Waals surface area contributed by atoms with Crippen LogP contribution >= 0.6 is 11.8 Å². The maximum Gasteiger partial charge on any atom is 0.460 e. The highest BCUT2D eigenvalue weighted by molar-refractivity contribution is 8.00. The first-order chi connectivity index (χ1) is 15.2. The Morgan fingerprint density at radius 2 is 1.26 bits per heavy atom. The third kappa shape index (κ3) is 6.01. The molecule has 16 heteroatoms. The SMILES string of the molecule is COS(=O)(=O)C(F)(F)C(F)(F)OC(F)(F)C(F)(F)Sc1c(F)c(C(C)(C)C)cc(F)c1C(C)(C)C. The van der Waals surface area contributed by atoms with Gasteiger partial charge in [-0.25, -0.2) is 13.5 Å². The van der Waals surface area contributed by atoms with Crippen LogP contribution in [0, 0.1) is 11.6 Å². The van der Waals surface area contributed by atoms with E-state index >= 15 is 4.39 Å². The Labute approximate surface area is 199 Å². The van der Waals surface area contributed by atoms with Crippen molar-refractivity contribution in [2.24, 2.45) is 0 Å². The van der Waals surface area contributed by atoms with Crippen molar-refractivity contribution in [2.75, 3.05) is 7.11 Å². The molecule has 0 unspecified atom stereocenters. The van der Waals surface area contributed by atoms with Gasteiger partial charge in [-0.2, -0.15) is 43.5 Å². The maximum absolute atomic E-state index is 15.2. The molecule has 0 heterocycles. The van der Waals surface area contributed by atoms with Gasteiger partial charge in [-0.1, -0.05) is 41.5 Å². The highest BCUT2D eigenvalue weighted by Crippen LogP contribution is 2.54. The Hall–Kier alpha value is -1.26. The van der Waals surface area contributed by atoms with Gasteiger partial charge in [0.15, 0.2) is 0 Å². The van der Waals surface area contributed by atoms with Crippen molar-refractivity contribution in [1.29, 1.82) is 0 Å². The molecule has 1 aromatic carbocycles. The van der Waals surface area contributed by atoms with Crippen LogP contribution in [0.5, 0.6) is 0 Å². The van der Waals surface area contributed by atoms with Gasteiger partial charge in [0.1, 0.15) is 11.6 Å². The van der Waals surface area contributed by atoms with Gasteiger partial charge < -0.3 is 0 Å². The fourth-order valence-electron chi connectivity index (χ4n) is 2.66. The number of thioether (sulfide) groups is 1. The third-order valence-corrected chi connectivity index (χ3v) is 6.81. The summed E-state index contributed by atoms with van der Waals surface area (Å²) >= 11 is -1.44. The van der Waals surface area contributed by atoms with Crippen LogP contribution in [0.2, 0.25) is 0 Å². The third-order valence-electron chi connectivity index (χ3n) is 4.43. The number of alkyl halides is 8. The van der Waals surface area contributed by atoms with Crippen LogP contribution in [-0.2, 0) is 29.9 Å². The Morgan fingerprint density at radius 3 is 1.63 bits per heavy atom. The molecule has 0 aliphatic carbocycles. The molecule has 0 aromatic heterocycles. The lowest BCUT2D eigenvalue weighted by molar-refractivity contribution is -0.441. The van der Waals surface area contributed by atoms with Gasteiger partial charge in [0.2, 0.25) is 0 Å². The molecular weight excluding hydrogens is 546 g/mol. The summed E-state index contributed by atoms with van der Waals surface area (Å²) < 4.78 is 169. The normalized spacial score (nSPS) is 15.0. The minimum Gasteiger partial charge on any atom is -0.269 e. The number of rotatable bonds is 8. The standard InChI is InChI=1S/C19H22F10O4S2/c1-14(2,3)9-8-10(20)11(15(4,5)6)13(12(9)21)34-18(26,27)16(22,23)33-17(24,25)19(28,29)35(30,31)32-7/h8H,1-7H3. The van der Waals surface area contributed by atoms with E-state index in [1.54, 1.807) is 0 Å². The van der Waals surface area contributed by atoms with Gasteiger partial charge in [-0.3, -0.25) is 4.18 Å². The molecule has 0 N–H and O–H groups in total. The predicted octanol–water partition coefficient (Wildman–Crippen LogP) is 7.02. The maximum atomic E-state index is 15.2. The second kappa shape index (κ2) is 9.24. The summed E-state index contributed by atoms with van der Waals surface area (Å²) in [4.78, 5) is -1.41. The summed E-state index contributed by atoms with van der Waals surface area (Å²) in [6.45, 7) is 7.65. The Morgan fingerprint density at radius 1 is 0.800 bits per heavy atom. The van der Waals surface area contributed by atoms with Crippen molar-refractivity contribution in [1.82, 2.24) is 0 Å². The summed E-state index contributed by atoms with van der Waals surface area (Å²) in [7, 11) is -6.61. The second-order valence-electron chi connectivity index (χ2n) is 9.32. The van der Waals surface area contributed by atoms with E-state index in [1.807, 2.05) is 0 Å². The molecule has 0 atom stereocenters. The fourth-order valence-corrected chi connectivity index (χ4v) is 4.32. The van der Waals surface area contributed by atoms with Gasteiger partial charge in [0, 0.05) is 5.56 Å². The fraction of sp³-hybridized carbons (Fsp3) is 0.684. The summed E-state index contributed by atoms with van der Waals surface area (Å²) in [6, 6.07) is 0.664. The molecule has 0 bridgehead atoms. The van der Waals surface area contributed by atoms with Crippen LogP contribution in [0.25, 0.3) is 0 Å². The lowest BCUT2D eigenvalue weighted by atomic mass is 9.81. The summed E-state index contributed by atoms with van der Waals surface area (Å²) in [5.74, 6) is -2.86. The van der Waals surface area contributed by atoms with E-state index in [2.05, 4.69) is 8.92 Å². The summed E-state index contributed by atoms with van der Waals surface area (Å²) in [6.07, 6.45) is -13.3. The van der Waals surface area contributed by atoms with Crippen molar-refractivity contribution in [3.63, 3.8) is 0 Å². The minimum atomic E-state index is -6.74. The van der Waals surface area contributed by atoms with Gasteiger partial charge in [-0.05, 0) is 34.2 Å². The highest BCUT2D eigenvalue weighted by Gasteiger charge is 2.74. The quantitative estimate of drug-likeness (QED) is 0.192. The molecular formula is C19H22F10O4S2. The number of hydrogen-bond donors (Lipinski definition) is 0. The highest BCUT2D eigenvalue weighted by atomic mass is 32.2. The van der Waals surface area contributed by atoms with Gasteiger partial charge >= 0.3 is 32.8 Å². The average Bonchev–Trinajstić information content (AvgIpc) is 2.60. The van der Waals surface area contributed by atoms with Crippen LogP contribution in [0.15, 0.2) is 11.0 Å². The van der Waals surface area contributed by atoms with E-state index in [1.165, 1.54) is 41.5 Å². The molecule has 35 heavy (non-hydrogen) atoms. The molecule has 0 saturated heterocycles. The largest absolute Gasteiger partial charge is 0.460 e. The lowest BCUT2D eigenvalue weighted by Crippen LogP contribution is -2.55. The molecule has 0 aliphatic rings. The van der Waals surface area contributed by atoms with Crippen LogP contribution in [0.4, 0.5) is 43.9 Å². The monoisotopic (exact) mass is 568 g/mol. The first-order valence-corrected chi connectivity index (χ1v) is 11.6. The molecule has 0 radical (unpaired) electrons. The smallest absolute Gasteiger partial charge is 0.269 e. The van der Waals surface area contributed by atoms with Crippen molar-refractivity contribution >= 4 is 21.9 Å².